The molecule has 4 N–H and O–H groups in total. The number of nitrogens with zero attached hydrogens (tertiary/aromatic N) is 6. The summed E-state index contributed by atoms with van der Waals surface area (Å²) in [6.07, 6.45) is 6.54. The fraction of sp³-hybridized carbons (Fsp3) is 0.0870. The Labute approximate surface area is 354 Å². The highest BCUT2D eigenvalue weighted by Crippen LogP contribution is 2.34. The third-order valence-corrected chi connectivity index (χ3v) is 9.96. The molecule has 2 atom stereocenters. The summed E-state index contributed by atoms with van der Waals surface area (Å²) in [5.41, 5.74) is 8.06. The molecule has 296 valence electrons. The Morgan fingerprint density at radius 2 is 0.950 bits per heavy atom. The fourth-order valence-electron chi connectivity index (χ4n) is 6.35. The first-order chi connectivity index (χ1) is 29.1. The first-order valence-corrected chi connectivity index (χ1v) is 19.3. The Morgan fingerprint density at radius 1 is 0.533 bits per heavy atom. The topological polar surface area (TPSA) is 147 Å². The van der Waals surface area contributed by atoms with Crippen LogP contribution in [0, 0.1) is 34.3 Å². The van der Waals surface area contributed by atoms with Crippen molar-refractivity contribution in [3.8, 4) is 12.1 Å². The Balaban J connectivity index is 0.000000181. The Morgan fingerprint density at radius 3 is 1.32 bits per heavy atom. The molecule has 0 amide bonds. The van der Waals surface area contributed by atoms with Gasteiger partial charge in [0.2, 0.25) is 0 Å². The van der Waals surface area contributed by atoms with E-state index in [4.69, 9.17) is 23.2 Å². The van der Waals surface area contributed by atoms with Crippen molar-refractivity contribution in [1.29, 1.82) is 10.5 Å². The number of pyridine rings is 4. The lowest BCUT2D eigenvalue weighted by atomic mass is 10.1. The van der Waals surface area contributed by atoms with Crippen LogP contribution >= 0.6 is 23.2 Å². The molecule has 14 heteroatoms. The second-order valence-electron chi connectivity index (χ2n) is 13.5. The molecule has 0 spiro atoms. The molecule has 0 aliphatic carbocycles. The lowest BCUT2D eigenvalue weighted by Crippen LogP contribution is -2.08. The van der Waals surface area contributed by atoms with Gasteiger partial charge in [-0.05, 0) is 111 Å². The van der Waals surface area contributed by atoms with E-state index < -0.39 is 11.6 Å². The number of halogens is 4. The zero-order valence-electron chi connectivity index (χ0n) is 32.1. The van der Waals surface area contributed by atoms with E-state index in [0.29, 0.717) is 33.9 Å². The molecule has 8 aromatic rings. The van der Waals surface area contributed by atoms with Gasteiger partial charge in [-0.3, -0.25) is 19.9 Å². The maximum atomic E-state index is 13.5. The number of benzene rings is 4. The molecule has 2 unspecified atom stereocenters. The number of nitrogens with one attached hydrogen (secondary N) is 4. The molecule has 4 heterocycles. The zero-order chi connectivity index (χ0) is 42.2. The number of hydrogen-bond donors (Lipinski definition) is 4. The van der Waals surface area contributed by atoms with Gasteiger partial charge >= 0.3 is 0 Å². The van der Waals surface area contributed by atoms with Crippen molar-refractivity contribution in [2.75, 3.05) is 21.3 Å². The van der Waals surface area contributed by atoms with Crippen molar-refractivity contribution in [2.45, 2.75) is 25.9 Å². The van der Waals surface area contributed by atoms with Crippen LogP contribution in [0.3, 0.4) is 0 Å². The standard InChI is InChI=1S/2C23H17ClFN5/c2*1-14(21-4-2-3-9-27-21)29-16-6-8-22-18(10-16)23(15(12-26)13-28-22)30-17-5-7-20(25)19(24)11-17/h2*2-11,13-14,29H,1H3,(H,28,30). The van der Waals surface area contributed by atoms with E-state index >= 15 is 0 Å². The number of anilines is 6. The van der Waals surface area contributed by atoms with Crippen LogP contribution in [0.5, 0.6) is 0 Å². The second-order valence-corrected chi connectivity index (χ2v) is 14.3. The smallest absolute Gasteiger partial charge is 0.141 e. The van der Waals surface area contributed by atoms with Crippen LogP contribution in [0.4, 0.5) is 42.9 Å². The quantitative estimate of drug-likeness (QED) is 0.105. The van der Waals surface area contributed by atoms with Gasteiger partial charge in [0.05, 0.1) is 67.1 Å². The molecular formula is C46H34Cl2F2N10. The monoisotopic (exact) mass is 834 g/mol. The lowest BCUT2D eigenvalue weighted by Gasteiger charge is -2.17. The maximum Gasteiger partial charge on any atom is 0.141 e. The van der Waals surface area contributed by atoms with Crippen molar-refractivity contribution in [3.05, 3.63) is 178 Å². The Hall–Kier alpha value is -7.38. The molecule has 0 saturated carbocycles. The van der Waals surface area contributed by atoms with Gasteiger partial charge in [-0.1, -0.05) is 35.3 Å². The van der Waals surface area contributed by atoms with Gasteiger partial charge in [-0.15, -0.1) is 0 Å². The molecular weight excluding hydrogens is 801 g/mol. The lowest BCUT2D eigenvalue weighted by molar-refractivity contribution is 0.628. The SMILES string of the molecule is CC(Nc1ccc2ncc(C#N)c(Nc3ccc(F)c(Cl)c3)c2c1)c1ccccn1.CC(Nc1ccc2ncc(C#N)c(Nc3ccc(F)c(Cl)c3)c2c1)c1ccccn1. The first-order valence-electron chi connectivity index (χ1n) is 18.5. The van der Waals surface area contributed by atoms with Crippen LogP contribution in [0.2, 0.25) is 10.0 Å². The van der Waals surface area contributed by atoms with Crippen molar-refractivity contribution in [2.24, 2.45) is 0 Å². The average molecular weight is 836 g/mol. The largest absolute Gasteiger partial charge is 0.377 e. The molecule has 0 radical (unpaired) electrons. The van der Waals surface area contributed by atoms with E-state index in [0.717, 1.165) is 44.6 Å². The zero-order valence-corrected chi connectivity index (χ0v) is 33.6. The maximum absolute atomic E-state index is 13.5. The molecule has 0 saturated heterocycles. The second kappa shape index (κ2) is 18.5. The molecule has 0 bridgehead atoms. The van der Waals surface area contributed by atoms with Crippen molar-refractivity contribution in [3.63, 3.8) is 0 Å². The van der Waals surface area contributed by atoms with E-state index in [9.17, 15) is 19.3 Å². The highest BCUT2D eigenvalue weighted by molar-refractivity contribution is 6.31. The van der Waals surface area contributed by atoms with Crippen LogP contribution < -0.4 is 21.3 Å². The third-order valence-electron chi connectivity index (χ3n) is 9.38. The molecule has 4 aromatic carbocycles. The minimum atomic E-state index is -0.502. The highest BCUT2D eigenvalue weighted by atomic mass is 35.5. The molecule has 0 aliphatic rings. The van der Waals surface area contributed by atoms with Crippen LogP contribution in [0.1, 0.15) is 48.4 Å². The minimum absolute atomic E-state index is 0.00316. The van der Waals surface area contributed by atoms with E-state index in [2.05, 4.69) is 53.3 Å². The van der Waals surface area contributed by atoms with Crippen LogP contribution in [-0.4, -0.2) is 19.9 Å². The molecule has 8 rings (SSSR count). The van der Waals surface area contributed by atoms with Gasteiger partial charge in [-0.2, -0.15) is 10.5 Å². The van der Waals surface area contributed by atoms with Crippen molar-refractivity contribution in [1.82, 2.24) is 19.9 Å². The summed E-state index contributed by atoms with van der Waals surface area (Å²) >= 11 is 11.8. The predicted molar refractivity (Wildman–Crippen MR) is 235 cm³/mol. The Kier molecular flexibility index (Phi) is 12.6. The van der Waals surface area contributed by atoms with Gasteiger partial charge in [0, 0.05) is 58.3 Å². The van der Waals surface area contributed by atoms with Crippen LogP contribution in [0.25, 0.3) is 21.8 Å². The van der Waals surface area contributed by atoms with Crippen molar-refractivity contribution >= 4 is 79.1 Å². The molecule has 4 aromatic heterocycles. The summed E-state index contributed by atoms with van der Waals surface area (Å²) in [6.45, 7) is 4.05. The molecule has 0 aliphatic heterocycles. The van der Waals surface area contributed by atoms with Gasteiger partial charge in [-0.25, -0.2) is 8.78 Å². The molecule has 0 fully saturated rings. The summed E-state index contributed by atoms with van der Waals surface area (Å²) in [5, 5.41) is 33.9. The Bertz CT molecular complexity index is 2710. The van der Waals surface area contributed by atoms with Gasteiger partial charge in [0.25, 0.3) is 0 Å². The third kappa shape index (κ3) is 9.49. The van der Waals surface area contributed by atoms with Crippen LogP contribution in [-0.2, 0) is 0 Å². The van der Waals surface area contributed by atoms with E-state index in [1.165, 1.54) is 36.7 Å². The average Bonchev–Trinajstić information content (AvgIpc) is 3.27. The summed E-state index contributed by atoms with van der Waals surface area (Å²) in [5.74, 6) is -1.00. The van der Waals surface area contributed by atoms with Gasteiger partial charge in [0.1, 0.15) is 23.8 Å². The van der Waals surface area contributed by atoms with E-state index in [1.807, 2.05) is 86.6 Å². The number of nitriles is 2. The van der Waals surface area contributed by atoms with Gasteiger partial charge in [0.15, 0.2) is 0 Å². The highest BCUT2D eigenvalue weighted by Gasteiger charge is 2.15. The molecule has 10 nitrogen and oxygen atoms in total. The number of fused-ring (bicyclic) bond motifs is 2. The minimum Gasteiger partial charge on any atom is -0.377 e. The van der Waals surface area contributed by atoms with Crippen molar-refractivity contribution < 1.29 is 8.78 Å². The number of hydrogen-bond acceptors (Lipinski definition) is 10. The number of aromatic nitrogens is 4. The number of rotatable bonds is 10. The summed E-state index contributed by atoms with van der Waals surface area (Å²) in [7, 11) is 0. The summed E-state index contributed by atoms with van der Waals surface area (Å²) < 4.78 is 27.0. The summed E-state index contributed by atoms with van der Waals surface area (Å²) in [4.78, 5) is 17.5. The van der Waals surface area contributed by atoms with Gasteiger partial charge < -0.3 is 21.3 Å². The first kappa shape index (κ1) is 40.8. The van der Waals surface area contributed by atoms with E-state index in [-0.39, 0.29) is 22.1 Å². The van der Waals surface area contributed by atoms with E-state index in [1.54, 1.807) is 24.5 Å². The fourth-order valence-corrected chi connectivity index (χ4v) is 6.71. The normalized spacial score (nSPS) is 11.7. The predicted octanol–water partition coefficient (Wildman–Crippen LogP) is 12.4. The summed E-state index contributed by atoms with van der Waals surface area (Å²) in [6, 6.07) is 36.0. The van der Waals surface area contributed by atoms with Crippen LogP contribution in [0.15, 0.2) is 134 Å². The molecule has 60 heavy (non-hydrogen) atoms.